The van der Waals surface area contributed by atoms with Gasteiger partial charge < -0.3 is 20.6 Å². The molecule has 1 atom stereocenters. The van der Waals surface area contributed by atoms with E-state index in [1.807, 2.05) is 0 Å². The highest BCUT2D eigenvalue weighted by Gasteiger charge is 2.06. The highest BCUT2D eigenvalue weighted by molar-refractivity contribution is 5.64. The molecule has 0 aliphatic rings. The lowest BCUT2D eigenvalue weighted by atomic mass is 10.2. The van der Waals surface area contributed by atoms with E-state index in [2.05, 4.69) is 5.32 Å². The molecule has 4 N–H and O–H groups in total. The van der Waals surface area contributed by atoms with E-state index in [0.717, 1.165) is 5.76 Å². The van der Waals surface area contributed by atoms with Gasteiger partial charge in [0.1, 0.15) is 5.76 Å². The second-order valence-corrected chi connectivity index (χ2v) is 2.73. The van der Waals surface area contributed by atoms with Crippen molar-refractivity contribution in [2.45, 2.75) is 12.5 Å². The summed E-state index contributed by atoms with van der Waals surface area (Å²) in [4.78, 5) is 10.1. The van der Waals surface area contributed by atoms with E-state index in [0.29, 0.717) is 6.42 Å². The molecule has 0 aromatic carbocycles. The van der Waals surface area contributed by atoms with Crippen molar-refractivity contribution in [2.24, 2.45) is 5.73 Å². The summed E-state index contributed by atoms with van der Waals surface area (Å²) in [5, 5.41) is 10.5. The van der Waals surface area contributed by atoms with Crippen LogP contribution >= 0.6 is 0 Å². The fraction of sp³-hybridized carbons (Fsp3) is 0.375. The van der Waals surface area contributed by atoms with Crippen molar-refractivity contribution < 1.29 is 14.3 Å². The number of nitrogens with one attached hydrogen (secondary N) is 1. The van der Waals surface area contributed by atoms with Crippen molar-refractivity contribution in [2.75, 3.05) is 6.54 Å². The molecule has 5 nitrogen and oxygen atoms in total. The molecular weight excluding hydrogens is 172 g/mol. The van der Waals surface area contributed by atoms with E-state index in [1.54, 1.807) is 18.4 Å². The van der Waals surface area contributed by atoms with Gasteiger partial charge in [-0.2, -0.15) is 0 Å². The van der Waals surface area contributed by atoms with E-state index in [4.69, 9.17) is 15.3 Å². The molecule has 0 radical (unpaired) electrons. The van der Waals surface area contributed by atoms with Crippen LogP contribution < -0.4 is 11.1 Å². The van der Waals surface area contributed by atoms with E-state index < -0.39 is 6.09 Å². The summed E-state index contributed by atoms with van der Waals surface area (Å²) in [6.07, 6.45) is 1.04. The van der Waals surface area contributed by atoms with Crippen molar-refractivity contribution in [1.29, 1.82) is 0 Å². The average molecular weight is 184 g/mol. The summed E-state index contributed by atoms with van der Waals surface area (Å²) in [5.74, 6) is 0.764. The molecule has 0 fully saturated rings. The first-order valence-corrected chi connectivity index (χ1v) is 3.93. The standard InChI is InChI=1S/C8H12N2O3/c9-6(5-10-8(11)12)4-7-2-1-3-13-7/h1-3,6,10H,4-5,9H2,(H,11,12)/t6-/m1/s1. The molecule has 0 bridgehead atoms. The van der Waals surface area contributed by atoms with Crippen molar-refractivity contribution in [3.05, 3.63) is 24.2 Å². The Kier molecular flexibility index (Phi) is 3.33. The number of hydrogen-bond acceptors (Lipinski definition) is 3. The number of carboxylic acid groups (broad SMARTS) is 1. The molecule has 0 aliphatic heterocycles. The minimum Gasteiger partial charge on any atom is -0.469 e. The second-order valence-electron chi connectivity index (χ2n) is 2.73. The number of nitrogens with two attached hydrogens (primary N) is 1. The molecule has 0 saturated carbocycles. The summed E-state index contributed by atoms with van der Waals surface area (Å²) in [6, 6.07) is 3.33. The van der Waals surface area contributed by atoms with Gasteiger partial charge in [-0.1, -0.05) is 0 Å². The lowest BCUT2D eigenvalue weighted by Crippen LogP contribution is -2.37. The number of rotatable bonds is 4. The zero-order valence-electron chi connectivity index (χ0n) is 7.06. The Balaban J connectivity index is 2.25. The van der Waals surface area contributed by atoms with Gasteiger partial charge in [0.2, 0.25) is 0 Å². The fourth-order valence-electron chi connectivity index (χ4n) is 0.978. The summed E-state index contributed by atoms with van der Waals surface area (Å²) < 4.78 is 5.06. The number of amides is 1. The predicted octanol–water partition coefficient (Wildman–Crippen LogP) is 0.417. The van der Waals surface area contributed by atoms with Gasteiger partial charge in [0.15, 0.2) is 0 Å². The van der Waals surface area contributed by atoms with Gasteiger partial charge in [0.05, 0.1) is 6.26 Å². The van der Waals surface area contributed by atoms with Gasteiger partial charge in [0.25, 0.3) is 0 Å². The molecule has 1 amide bonds. The van der Waals surface area contributed by atoms with Crippen LogP contribution in [0.15, 0.2) is 22.8 Å². The third-order valence-electron chi connectivity index (χ3n) is 1.56. The van der Waals surface area contributed by atoms with Crippen LogP contribution in [0.1, 0.15) is 5.76 Å². The number of hydrogen-bond donors (Lipinski definition) is 3. The lowest BCUT2D eigenvalue weighted by molar-refractivity contribution is 0.193. The summed E-state index contributed by atoms with van der Waals surface area (Å²) >= 11 is 0. The van der Waals surface area contributed by atoms with Gasteiger partial charge in [-0.25, -0.2) is 4.79 Å². The minimum absolute atomic E-state index is 0.232. The molecule has 1 aromatic rings. The first-order valence-electron chi connectivity index (χ1n) is 3.93. The number of carbonyl (C=O) groups is 1. The second kappa shape index (κ2) is 4.51. The van der Waals surface area contributed by atoms with Crippen molar-refractivity contribution >= 4 is 6.09 Å². The molecule has 5 heteroatoms. The third kappa shape index (κ3) is 3.62. The Morgan fingerprint density at radius 2 is 2.54 bits per heavy atom. The van der Waals surface area contributed by atoms with Crippen molar-refractivity contribution in [1.82, 2.24) is 5.32 Å². The van der Waals surface area contributed by atoms with Gasteiger partial charge in [-0.05, 0) is 12.1 Å². The Morgan fingerprint density at radius 1 is 1.77 bits per heavy atom. The Bertz CT molecular complexity index is 258. The van der Waals surface area contributed by atoms with Crippen LogP contribution in [-0.2, 0) is 6.42 Å². The van der Waals surface area contributed by atoms with E-state index in [9.17, 15) is 4.79 Å². The molecule has 1 heterocycles. The normalized spacial score (nSPS) is 12.4. The molecule has 0 saturated heterocycles. The number of furan rings is 1. The van der Waals surface area contributed by atoms with Gasteiger partial charge in [0, 0.05) is 19.0 Å². The summed E-state index contributed by atoms with van der Waals surface area (Å²) in [5.41, 5.74) is 5.63. The zero-order chi connectivity index (χ0) is 9.68. The maximum absolute atomic E-state index is 10.1. The van der Waals surface area contributed by atoms with Gasteiger partial charge >= 0.3 is 6.09 Å². The van der Waals surface area contributed by atoms with E-state index in [1.165, 1.54) is 0 Å². The lowest BCUT2D eigenvalue weighted by Gasteiger charge is -2.08. The van der Waals surface area contributed by atoms with E-state index >= 15 is 0 Å². The van der Waals surface area contributed by atoms with Crippen LogP contribution in [0, 0.1) is 0 Å². The third-order valence-corrected chi connectivity index (χ3v) is 1.56. The Morgan fingerprint density at radius 3 is 3.08 bits per heavy atom. The van der Waals surface area contributed by atoms with E-state index in [-0.39, 0.29) is 12.6 Å². The molecule has 72 valence electrons. The maximum atomic E-state index is 10.1. The Hall–Kier alpha value is -1.49. The zero-order valence-corrected chi connectivity index (χ0v) is 7.06. The maximum Gasteiger partial charge on any atom is 0.404 e. The fourth-order valence-corrected chi connectivity index (χ4v) is 0.978. The van der Waals surface area contributed by atoms with Crippen LogP contribution in [0.2, 0.25) is 0 Å². The molecule has 1 aromatic heterocycles. The first kappa shape index (κ1) is 9.60. The quantitative estimate of drug-likeness (QED) is 0.632. The van der Waals surface area contributed by atoms with Crippen molar-refractivity contribution in [3.8, 4) is 0 Å². The highest BCUT2D eigenvalue weighted by Crippen LogP contribution is 2.02. The topological polar surface area (TPSA) is 88.5 Å². The predicted molar refractivity (Wildman–Crippen MR) is 46.4 cm³/mol. The molecule has 13 heavy (non-hydrogen) atoms. The summed E-state index contributed by atoms with van der Waals surface area (Å²) in [6.45, 7) is 0.232. The molecule has 0 unspecified atom stereocenters. The van der Waals surface area contributed by atoms with Crippen LogP contribution in [0.5, 0.6) is 0 Å². The minimum atomic E-state index is -1.06. The summed E-state index contributed by atoms with van der Waals surface area (Å²) in [7, 11) is 0. The molecular formula is C8H12N2O3. The largest absolute Gasteiger partial charge is 0.469 e. The monoisotopic (exact) mass is 184 g/mol. The first-order chi connectivity index (χ1) is 6.18. The van der Waals surface area contributed by atoms with Gasteiger partial charge in [-0.15, -0.1) is 0 Å². The van der Waals surface area contributed by atoms with Gasteiger partial charge in [-0.3, -0.25) is 0 Å². The molecule has 0 spiro atoms. The molecule has 1 rings (SSSR count). The van der Waals surface area contributed by atoms with Crippen molar-refractivity contribution in [3.63, 3.8) is 0 Å². The SMILES string of the molecule is N[C@@H](CNC(=O)O)Cc1ccco1. The Labute approximate surface area is 75.5 Å². The molecule has 0 aliphatic carbocycles. The smallest absolute Gasteiger partial charge is 0.404 e. The highest BCUT2D eigenvalue weighted by atomic mass is 16.4. The van der Waals surface area contributed by atoms with Crippen LogP contribution in [-0.4, -0.2) is 23.8 Å². The van der Waals surface area contributed by atoms with Crippen LogP contribution in [0.25, 0.3) is 0 Å². The average Bonchev–Trinajstić information content (AvgIpc) is 2.53. The van der Waals surface area contributed by atoms with Crippen LogP contribution in [0.4, 0.5) is 4.79 Å². The van der Waals surface area contributed by atoms with Crippen LogP contribution in [0.3, 0.4) is 0 Å².